The molecule has 0 aromatic carbocycles. The van der Waals surface area contributed by atoms with Crippen LogP contribution in [0.2, 0.25) is 10.4 Å². The number of halogens is 3. The molecule has 0 radical (unpaired) electrons. The SMILES string of the molecule is O=C(O)N1CCC[C@@H](Nc2nc(Cl)nc(Cl)c2F)C1. The molecule has 2 rings (SSSR count). The number of aromatic nitrogens is 2. The Balaban J connectivity index is 2.11. The average Bonchev–Trinajstić information content (AvgIpc) is 2.35. The Morgan fingerprint density at radius 3 is 2.89 bits per heavy atom. The number of rotatable bonds is 2. The fourth-order valence-electron chi connectivity index (χ4n) is 1.95. The number of piperidine rings is 1. The van der Waals surface area contributed by atoms with Gasteiger partial charge in [-0.2, -0.15) is 9.37 Å². The Bertz CT molecular complexity index is 503. The van der Waals surface area contributed by atoms with Crippen molar-refractivity contribution in [1.82, 2.24) is 14.9 Å². The summed E-state index contributed by atoms with van der Waals surface area (Å²) < 4.78 is 13.7. The van der Waals surface area contributed by atoms with Crippen molar-refractivity contribution >= 4 is 35.1 Å². The molecule has 9 heteroatoms. The van der Waals surface area contributed by atoms with Gasteiger partial charge in [0.2, 0.25) is 11.1 Å². The lowest BCUT2D eigenvalue weighted by molar-refractivity contribution is 0.132. The zero-order valence-electron chi connectivity index (χ0n) is 9.74. The lowest BCUT2D eigenvalue weighted by Gasteiger charge is -2.31. The highest BCUT2D eigenvalue weighted by atomic mass is 35.5. The number of hydrogen-bond donors (Lipinski definition) is 2. The first-order valence-corrected chi connectivity index (χ1v) is 6.36. The van der Waals surface area contributed by atoms with Gasteiger partial charge in [-0.3, -0.25) is 0 Å². The molecule has 1 aliphatic heterocycles. The number of carbonyl (C=O) groups is 1. The summed E-state index contributed by atoms with van der Waals surface area (Å²) >= 11 is 11.2. The maximum atomic E-state index is 13.7. The molecule has 0 spiro atoms. The van der Waals surface area contributed by atoms with E-state index in [-0.39, 0.29) is 28.8 Å². The zero-order chi connectivity index (χ0) is 14.0. The summed E-state index contributed by atoms with van der Waals surface area (Å²) in [5.41, 5.74) is 0. The van der Waals surface area contributed by atoms with Crippen molar-refractivity contribution in [3.8, 4) is 0 Å². The van der Waals surface area contributed by atoms with Crippen LogP contribution in [0.1, 0.15) is 12.8 Å². The third-order valence-electron chi connectivity index (χ3n) is 2.82. The summed E-state index contributed by atoms with van der Waals surface area (Å²) in [6.07, 6.45) is 0.409. The molecule has 0 bridgehead atoms. The van der Waals surface area contributed by atoms with Crippen LogP contribution in [0.5, 0.6) is 0 Å². The predicted molar refractivity (Wildman–Crippen MR) is 68.3 cm³/mol. The van der Waals surface area contributed by atoms with Crippen LogP contribution in [0.25, 0.3) is 0 Å². The number of nitrogens with zero attached hydrogens (tertiary/aromatic N) is 3. The second-order valence-corrected chi connectivity index (χ2v) is 4.85. The normalized spacial score (nSPS) is 19.3. The molecule has 0 unspecified atom stereocenters. The van der Waals surface area contributed by atoms with Crippen molar-refractivity contribution in [2.75, 3.05) is 18.4 Å². The lowest BCUT2D eigenvalue weighted by Crippen LogP contribution is -2.44. The van der Waals surface area contributed by atoms with Gasteiger partial charge < -0.3 is 15.3 Å². The molecule has 1 aromatic rings. The van der Waals surface area contributed by atoms with Crippen molar-refractivity contribution < 1.29 is 14.3 Å². The Labute approximate surface area is 118 Å². The van der Waals surface area contributed by atoms with Gasteiger partial charge >= 0.3 is 6.09 Å². The molecule has 1 saturated heterocycles. The molecule has 0 saturated carbocycles. The molecule has 1 amide bonds. The van der Waals surface area contributed by atoms with Gasteiger partial charge in [0.25, 0.3) is 0 Å². The van der Waals surface area contributed by atoms with E-state index in [1.807, 2.05) is 0 Å². The summed E-state index contributed by atoms with van der Waals surface area (Å²) in [6.45, 7) is 0.731. The summed E-state index contributed by atoms with van der Waals surface area (Å²) in [4.78, 5) is 19.3. The smallest absolute Gasteiger partial charge is 0.407 e. The van der Waals surface area contributed by atoms with E-state index in [1.54, 1.807) is 0 Å². The molecule has 2 heterocycles. The van der Waals surface area contributed by atoms with Crippen LogP contribution in [0.3, 0.4) is 0 Å². The fourth-order valence-corrected chi connectivity index (χ4v) is 2.33. The highest BCUT2D eigenvalue weighted by molar-refractivity contribution is 6.32. The van der Waals surface area contributed by atoms with Crippen molar-refractivity contribution in [1.29, 1.82) is 0 Å². The third kappa shape index (κ3) is 3.36. The average molecular weight is 309 g/mol. The second kappa shape index (κ2) is 5.75. The van der Waals surface area contributed by atoms with Crippen molar-refractivity contribution in [3.63, 3.8) is 0 Å². The minimum absolute atomic E-state index is 0.109. The Morgan fingerprint density at radius 2 is 2.21 bits per heavy atom. The van der Waals surface area contributed by atoms with Crippen LogP contribution in [0.4, 0.5) is 15.0 Å². The van der Waals surface area contributed by atoms with E-state index in [9.17, 15) is 9.18 Å². The Kier molecular flexibility index (Phi) is 4.26. The summed E-state index contributed by atoms with van der Waals surface area (Å²) in [7, 11) is 0. The van der Waals surface area contributed by atoms with E-state index in [2.05, 4.69) is 15.3 Å². The molecule has 104 valence electrons. The number of amides is 1. The first-order valence-electron chi connectivity index (χ1n) is 5.60. The van der Waals surface area contributed by atoms with Gasteiger partial charge in [0.05, 0.1) is 0 Å². The molecule has 19 heavy (non-hydrogen) atoms. The quantitative estimate of drug-likeness (QED) is 0.648. The van der Waals surface area contributed by atoms with E-state index < -0.39 is 11.9 Å². The van der Waals surface area contributed by atoms with Crippen LogP contribution >= 0.6 is 23.2 Å². The minimum Gasteiger partial charge on any atom is -0.465 e. The van der Waals surface area contributed by atoms with Gasteiger partial charge in [-0.15, -0.1) is 0 Å². The van der Waals surface area contributed by atoms with Crippen LogP contribution in [0, 0.1) is 5.82 Å². The third-order valence-corrected chi connectivity index (χ3v) is 3.24. The largest absolute Gasteiger partial charge is 0.465 e. The van der Waals surface area contributed by atoms with Crippen LogP contribution < -0.4 is 5.32 Å². The standard InChI is InChI=1S/C10H11Cl2FN4O2/c11-7-6(13)8(16-9(12)15-7)14-5-2-1-3-17(4-5)10(18)19/h5H,1-4H2,(H,18,19)(H,14,15,16)/t5-/m1/s1. The molecular formula is C10H11Cl2FN4O2. The number of nitrogens with one attached hydrogen (secondary N) is 1. The first-order chi connectivity index (χ1) is 8.97. The Hall–Kier alpha value is -1.34. The Morgan fingerprint density at radius 1 is 1.47 bits per heavy atom. The number of hydrogen-bond acceptors (Lipinski definition) is 4. The topological polar surface area (TPSA) is 78.4 Å². The summed E-state index contributed by atoms with van der Waals surface area (Å²) in [6, 6.07) is -0.235. The summed E-state index contributed by atoms with van der Waals surface area (Å²) in [5, 5.41) is 11.2. The zero-order valence-corrected chi connectivity index (χ0v) is 11.2. The molecule has 0 aliphatic carbocycles. The number of likely N-dealkylation sites (tertiary alicyclic amines) is 1. The van der Waals surface area contributed by atoms with Gasteiger partial charge in [-0.25, -0.2) is 9.78 Å². The number of carboxylic acid groups (broad SMARTS) is 1. The molecular weight excluding hydrogens is 298 g/mol. The van der Waals surface area contributed by atoms with Crippen molar-refractivity contribution in [3.05, 3.63) is 16.3 Å². The van der Waals surface area contributed by atoms with E-state index in [0.29, 0.717) is 19.4 Å². The van der Waals surface area contributed by atoms with E-state index >= 15 is 0 Å². The van der Waals surface area contributed by atoms with Gasteiger partial charge in [-0.1, -0.05) is 11.6 Å². The van der Waals surface area contributed by atoms with Crippen molar-refractivity contribution in [2.24, 2.45) is 0 Å². The van der Waals surface area contributed by atoms with Gasteiger partial charge in [-0.05, 0) is 24.4 Å². The van der Waals surface area contributed by atoms with E-state index in [4.69, 9.17) is 28.3 Å². The molecule has 6 nitrogen and oxygen atoms in total. The van der Waals surface area contributed by atoms with Crippen LogP contribution in [-0.2, 0) is 0 Å². The van der Waals surface area contributed by atoms with Gasteiger partial charge in [0.1, 0.15) is 0 Å². The monoisotopic (exact) mass is 308 g/mol. The molecule has 1 aromatic heterocycles. The first kappa shape index (κ1) is 14.1. The number of anilines is 1. The van der Waals surface area contributed by atoms with Gasteiger partial charge in [0, 0.05) is 19.1 Å². The molecule has 1 atom stereocenters. The summed E-state index contributed by atoms with van der Waals surface area (Å²) in [5.74, 6) is -0.902. The van der Waals surface area contributed by atoms with E-state index in [0.717, 1.165) is 0 Å². The van der Waals surface area contributed by atoms with Crippen LogP contribution in [0.15, 0.2) is 0 Å². The van der Waals surface area contributed by atoms with E-state index in [1.165, 1.54) is 4.90 Å². The highest BCUT2D eigenvalue weighted by Crippen LogP contribution is 2.23. The fraction of sp³-hybridized carbons (Fsp3) is 0.500. The van der Waals surface area contributed by atoms with Crippen molar-refractivity contribution in [2.45, 2.75) is 18.9 Å². The maximum absolute atomic E-state index is 13.7. The second-order valence-electron chi connectivity index (χ2n) is 4.16. The molecule has 2 N–H and O–H groups in total. The van der Waals surface area contributed by atoms with Crippen LogP contribution in [-0.4, -0.2) is 45.2 Å². The predicted octanol–water partition coefficient (Wildman–Crippen LogP) is 2.48. The van der Waals surface area contributed by atoms with Gasteiger partial charge in [0.15, 0.2) is 11.0 Å². The minimum atomic E-state index is -0.995. The molecule has 1 aliphatic rings. The maximum Gasteiger partial charge on any atom is 0.407 e. The highest BCUT2D eigenvalue weighted by Gasteiger charge is 2.24. The lowest BCUT2D eigenvalue weighted by atomic mass is 10.1. The molecule has 1 fully saturated rings.